The van der Waals surface area contributed by atoms with E-state index < -0.39 is 10.0 Å². The van der Waals surface area contributed by atoms with Gasteiger partial charge in [0.15, 0.2) is 0 Å². The molecule has 0 unspecified atom stereocenters. The van der Waals surface area contributed by atoms with Crippen molar-refractivity contribution in [1.29, 1.82) is 0 Å². The maximum atomic E-state index is 13.1. The highest BCUT2D eigenvalue weighted by Gasteiger charge is 2.32. The first-order chi connectivity index (χ1) is 12.4. The first kappa shape index (κ1) is 18.4. The predicted octanol–water partition coefficient (Wildman–Crippen LogP) is 2.58. The van der Waals surface area contributed by atoms with E-state index in [0.717, 1.165) is 17.7 Å². The van der Waals surface area contributed by atoms with Crippen LogP contribution in [0.4, 0.5) is 5.69 Å². The number of carbonyl (C=O) groups excluding carboxylic acids is 1. The number of anilines is 1. The molecule has 0 saturated carbocycles. The Labute approximate surface area is 153 Å². The Morgan fingerprint density at radius 1 is 1.27 bits per heavy atom. The van der Waals surface area contributed by atoms with Gasteiger partial charge in [-0.05, 0) is 43.2 Å². The number of ether oxygens (including phenoxy) is 1. The fourth-order valence-corrected chi connectivity index (χ4v) is 4.54. The van der Waals surface area contributed by atoms with Crippen LogP contribution in [0.1, 0.15) is 29.8 Å². The van der Waals surface area contributed by atoms with Crippen molar-refractivity contribution in [3.05, 3.63) is 53.6 Å². The first-order valence-electron chi connectivity index (χ1n) is 8.48. The van der Waals surface area contributed by atoms with Gasteiger partial charge in [-0.25, -0.2) is 13.1 Å². The molecule has 2 aromatic carbocycles. The largest absolute Gasteiger partial charge is 0.495 e. The lowest BCUT2D eigenvalue weighted by Crippen LogP contribution is -2.36. The molecule has 0 spiro atoms. The Morgan fingerprint density at radius 3 is 2.69 bits per heavy atom. The predicted molar refractivity (Wildman–Crippen MR) is 100 cm³/mol. The highest BCUT2D eigenvalue weighted by Crippen LogP contribution is 2.34. The molecular weight excluding hydrogens is 352 g/mol. The molecule has 0 fully saturated rings. The molecule has 1 heterocycles. The number of hydrogen-bond acceptors (Lipinski definition) is 4. The Balaban J connectivity index is 2.04. The van der Waals surface area contributed by atoms with Gasteiger partial charge < -0.3 is 9.64 Å². The van der Waals surface area contributed by atoms with Crippen molar-refractivity contribution in [2.75, 3.05) is 18.6 Å². The monoisotopic (exact) mass is 374 g/mol. The van der Waals surface area contributed by atoms with Gasteiger partial charge in [-0.1, -0.05) is 25.1 Å². The third-order valence-corrected chi connectivity index (χ3v) is 6.03. The van der Waals surface area contributed by atoms with Crippen molar-refractivity contribution in [3.63, 3.8) is 0 Å². The van der Waals surface area contributed by atoms with Gasteiger partial charge in [0.05, 0.1) is 7.11 Å². The minimum Gasteiger partial charge on any atom is -0.495 e. The molecule has 0 radical (unpaired) electrons. The van der Waals surface area contributed by atoms with E-state index in [1.54, 1.807) is 17.9 Å². The van der Waals surface area contributed by atoms with Crippen LogP contribution in [0.5, 0.6) is 5.75 Å². The summed E-state index contributed by atoms with van der Waals surface area (Å²) in [5.41, 5.74) is 2.30. The molecular formula is C19H22N2O4S. The quantitative estimate of drug-likeness (QED) is 0.873. The molecule has 1 amide bonds. The molecule has 0 bridgehead atoms. The number of fused-ring (bicyclic) bond motifs is 1. The molecule has 1 atom stereocenters. The Bertz CT molecular complexity index is 940. The highest BCUT2D eigenvalue weighted by atomic mass is 32.2. The average molecular weight is 374 g/mol. The highest BCUT2D eigenvalue weighted by molar-refractivity contribution is 7.89. The molecule has 3 rings (SSSR count). The van der Waals surface area contributed by atoms with Crippen LogP contribution in [-0.2, 0) is 16.4 Å². The van der Waals surface area contributed by atoms with E-state index in [-0.39, 0.29) is 29.1 Å². The minimum absolute atomic E-state index is 0.0100. The number of rotatable bonds is 5. The van der Waals surface area contributed by atoms with Crippen molar-refractivity contribution in [1.82, 2.24) is 4.72 Å². The number of amides is 1. The standard InChI is InChI=1S/C19H22N2O4S/c1-4-20-26(23,24)18-12-15(9-10-17(18)25-3)19(22)21-13(2)11-14-7-5-6-8-16(14)21/h5-10,12-13,20H,4,11H2,1-3H3/t13-/m0/s1. The summed E-state index contributed by atoms with van der Waals surface area (Å²) in [5.74, 6) is -0.0181. The minimum atomic E-state index is -3.75. The Morgan fingerprint density at radius 2 is 2.00 bits per heavy atom. The molecule has 2 aromatic rings. The van der Waals surface area contributed by atoms with Gasteiger partial charge in [0.2, 0.25) is 10.0 Å². The maximum absolute atomic E-state index is 13.1. The number of sulfonamides is 1. The average Bonchev–Trinajstić information content (AvgIpc) is 2.96. The summed E-state index contributed by atoms with van der Waals surface area (Å²) in [6, 6.07) is 12.3. The van der Waals surface area contributed by atoms with Gasteiger partial charge in [-0.15, -0.1) is 0 Å². The fourth-order valence-electron chi connectivity index (χ4n) is 3.30. The molecule has 1 aliphatic heterocycles. The third-order valence-electron chi connectivity index (χ3n) is 4.46. The van der Waals surface area contributed by atoms with Crippen molar-refractivity contribution in [2.45, 2.75) is 31.2 Å². The van der Waals surface area contributed by atoms with E-state index in [2.05, 4.69) is 4.72 Å². The normalized spacial score (nSPS) is 16.4. The Hall–Kier alpha value is -2.38. The number of hydrogen-bond donors (Lipinski definition) is 1. The van der Waals surface area contributed by atoms with E-state index in [9.17, 15) is 13.2 Å². The van der Waals surface area contributed by atoms with Gasteiger partial charge in [0, 0.05) is 23.8 Å². The van der Waals surface area contributed by atoms with E-state index in [4.69, 9.17) is 4.74 Å². The second kappa shape index (κ2) is 7.09. The summed E-state index contributed by atoms with van der Waals surface area (Å²) in [4.78, 5) is 14.8. The van der Waals surface area contributed by atoms with Crippen LogP contribution in [0.2, 0.25) is 0 Å². The molecule has 1 aliphatic rings. The number of para-hydroxylation sites is 1. The lowest BCUT2D eigenvalue weighted by Gasteiger charge is -2.23. The summed E-state index contributed by atoms with van der Waals surface area (Å²) < 4.78 is 32.5. The molecule has 26 heavy (non-hydrogen) atoms. The van der Waals surface area contributed by atoms with Crippen molar-refractivity contribution in [2.24, 2.45) is 0 Å². The lowest BCUT2D eigenvalue weighted by molar-refractivity contribution is 0.0981. The van der Waals surface area contributed by atoms with E-state index in [0.29, 0.717) is 5.56 Å². The summed E-state index contributed by atoms with van der Waals surface area (Å²) in [6.45, 7) is 3.93. The zero-order chi connectivity index (χ0) is 18.9. The van der Waals surface area contributed by atoms with Crippen LogP contribution in [0.3, 0.4) is 0 Å². The van der Waals surface area contributed by atoms with E-state index >= 15 is 0 Å². The number of nitrogens with one attached hydrogen (secondary N) is 1. The van der Waals surface area contributed by atoms with Crippen LogP contribution in [0.15, 0.2) is 47.4 Å². The number of methoxy groups -OCH3 is 1. The van der Waals surface area contributed by atoms with Gasteiger partial charge in [-0.3, -0.25) is 4.79 Å². The zero-order valence-corrected chi connectivity index (χ0v) is 15.8. The number of nitrogens with zero attached hydrogens (tertiary/aromatic N) is 1. The SMILES string of the molecule is CCNS(=O)(=O)c1cc(C(=O)N2c3ccccc3C[C@@H]2C)ccc1OC. The maximum Gasteiger partial charge on any atom is 0.258 e. The molecule has 138 valence electrons. The van der Waals surface area contributed by atoms with Crippen molar-refractivity contribution < 1.29 is 17.9 Å². The van der Waals surface area contributed by atoms with E-state index in [1.165, 1.54) is 19.2 Å². The molecule has 0 aromatic heterocycles. The van der Waals surface area contributed by atoms with Crippen LogP contribution in [-0.4, -0.2) is 34.0 Å². The van der Waals surface area contributed by atoms with Crippen molar-refractivity contribution in [3.8, 4) is 5.75 Å². The molecule has 7 heteroatoms. The number of carbonyl (C=O) groups is 1. The smallest absolute Gasteiger partial charge is 0.258 e. The zero-order valence-electron chi connectivity index (χ0n) is 15.0. The third kappa shape index (κ3) is 3.20. The summed E-state index contributed by atoms with van der Waals surface area (Å²) in [5, 5.41) is 0. The van der Waals surface area contributed by atoms with Crippen LogP contribution in [0.25, 0.3) is 0 Å². The second-order valence-electron chi connectivity index (χ2n) is 6.22. The lowest BCUT2D eigenvalue weighted by atomic mass is 10.1. The van der Waals surface area contributed by atoms with Gasteiger partial charge in [-0.2, -0.15) is 0 Å². The first-order valence-corrected chi connectivity index (χ1v) is 9.96. The summed E-state index contributed by atoms with van der Waals surface area (Å²) >= 11 is 0. The van der Waals surface area contributed by atoms with Crippen molar-refractivity contribution >= 4 is 21.6 Å². The number of benzene rings is 2. The molecule has 6 nitrogen and oxygen atoms in total. The second-order valence-corrected chi connectivity index (χ2v) is 7.96. The fraction of sp³-hybridized carbons (Fsp3) is 0.316. The van der Waals surface area contributed by atoms with Gasteiger partial charge in [0.25, 0.3) is 5.91 Å². The molecule has 0 saturated heterocycles. The molecule has 1 N–H and O–H groups in total. The van der Waals surface area contributed by atoms with Gasteiger partial charge in [0.1, 0.15) is 10.6 Å². The van der Waals surface area contributed by atoms with Crippen LogP contribution < -0.4 is 14.4 Å². The van der Waals surface area contributed by atoms with Gasteiger partial charge >= 0.3 is 0 Å². The van der Waals surface area contributed by atoms with E-state index in [1.807, 2.05) is 31.2 Å². The topological polar surface area (TPSA) is 75.7 Å². The van der Waals surface area contributed by atoms with Crippen LogP contribution >= 0.6 is 0 Å². The van der Waals surface area contributed by atoms with Crippen LogP contribution in [0, 0.1) is 0 Å². The molecule has 0 aliphatic carbocycles. The summed E-state index contributed by atoms with van der Waals surface area (Å²) in [6.07, 6.45) is 0.778. The summed E-state index contributed by atoms with van der Waals surface area (Å²) in [7, 11) is -2.35. The Kier molecular flexibility index (Phi) is 5.02.